The minimum absolute atomic E-state index is 0.0339. The highest BCUT2D eigenvalue weighted by Crippen LogP contribution is 2.30. The summed E-state index contributed by atoms with van der Waals surface area (Å²) >= 11 is 7.34. The van der Waals surface area contributed by atoms with E-state index in [-0.39, 0.29) is 35.7 Å². The number of hydrogen-bond donors (Lipinski definition) is 0. The maximum atomic E-state index is 13.1. The Kier molecular flexibility index (Phi) is 7.10. The topological polar surface area (TPSA) is 49.9 Å². The van der Waals surface area contributed by atoms with Crippen molar-refractivity contribution in [3.8, 4) is 0 Å². The van der Waals surface area contributed by atoms with Crippen LogP contribution in [-0.4, -0.2) is 59.3 Å². The molecule has 5 nitrogen and oxygen atoms in total. The van der Waals surface area contributed by atoms with E-state index < -0.39 is 0 Å². The predicted molar refractivity (Wildman–Crippen MR) is 108 cm³/mol. The quantitative estimate of drug-likeness (QED) is 0.629. The number of halogens is 2. The standard InChI is InChI=1S/C20H26ClFN2O3S/c1-13(2)9-16-11-27-20(26)24(16)15-5-7-23(8-6-15)19(25)12-28-18-4-3-14(22)10-17(18)21/h3-4,10,13,15-16H,5-9,11-12H2,1-2H3. The smallest absolute Gasteiger partial charge is 0.410 e. The highest BCUT2D eigenvalue weighted by molar-refractivity contribution is 8.00. The first-order valence-corrected chi connectivity index (χ1v) is 11.0. The molecule has 1 atom stereocenters. The number of thioether (sulfide) groups is 1. The molecule has 2 amide bonds. The van der Waals surface area contributed by atoms with Gasteiger partial charge in [-0.25, -0.2) is 9.18 Å². The van der Waals surface area contributed by atoms with E-state index in [0.717, 1.165) is 19.3 Å². The van der Waals surface area contributed by atoms with Gasteiger partial charge in [0.25, 0.3) is 0 Å². The van der Waals surface area contributed by atoms with E-state index in [2.05, 4.69) is 13.8 Å². The van der Waals surface area contributed by atoms with Crippen LogP contribution in [0.25, 0.3) is 0 Å². The molecule has 0 saturated carbocycles. The summed E-state index contributed by atoms with van der Waals surface area (Å²) in [6.45, 7) is 6.00. The van der Waals surface area contributed by atoms with Gasteiger partial charge in [0.15, 0.2) is 0 Å². The Morgan fingerprint density at radius 3 is 2.71 bits per heavy atom. The summed E-state index contributed by atoms with van der Waals surface area (Å²) in [5.74, 6) is 0.405. The van der Waals surface area contributed by atoms with E-state index >= 15 is 0 Å². The van der Waals surface area contributed by atoms with Crippen LogP contribution in [0.1, 0.15) is 33.1 Å². The van der Waals surface area contributed by atoms with Crippen molar-refractivity contribution in [1.29, 1.82) is 0 Å². The summed E-state index contributed by atoms with van der Waals surface area (Å²) in [6.07, 6.45) is 2.23. The zero-order chi connectivity index (χ0) is 20.3. The summed E-state index contributed by atoms with van der Waals surface area (Å²) in [4.78, 5) is 29.1. The van der Waals surface area contributed by atoms with E-state index in [1.807, 2.05) is 9.80 Å². The van der Waals surface area contributed by atoms with Gasteiger partial charge in [0.2, 0.25) is 5.91 Å². The summed E-state index contributed by atoms with van der Waals surface area (Å²) in [5, 5.41) is 0.320. The van der Waals surface area contributed by atoms with Crippen molar-refractivity contribution in [2.24, 2.45) is 5.92 Å². The second-order valence-corrected chi connectivity index (χ2v) is 9.17. The monoisotopic (exact) mass is 428 g/mol. The van der Waals surface area contributed by atoms with Crippen LogP contribution in [0.2, 0.25) is 5.02 Å². The first kappa shape index (κ1) is 21.2. The number of rotatable bonds is 6. The van der Waals surface area contributed by atoms with Crippen molar-refractivity contribution < 1.29 is 18.7 Å². The van der Waals surface area contributed by atoms with Crippen molar-refractivity contribution in [2.75, 3.05) is 25.4 Å². The summed E-state index contributed by atoms with van der Waals surface area (Å²) < 4.78 is 18.4. The molecule has 8 heteroatoms. The van der Waals surface area contributed by atoms with Crippen molar-refractivity contribution in [1.82, 2.24) is 9.80 Å². The Labute approximate surface area is 174 Å². The molecule has 1 unspecified atom stereocenters. The average Bonchev–Trinajstić information content (AvgIpc) is 3.00. The van der Waals surface area contributed by atoms with Gasteiger partial charge in [-0.3, -0.25) is 9.69 Å². The van der Waals surface area contributed by atoms with E-state index in [1.165, 1.54) is 23.9 Å². The van der Waals surface area contributed by atoms with Gasteiger partial charge < -0.3 is 9.64 Å². The maximum Gasteiger partial charge on any atom is 0.410 e. The number of nitrogens with zero attached hydrogens (tertiary/aromatic N) is 2. The van der Waals surface area contributed by atoms with Crippen LogP contribution in [0.15, 0.2) is 23.1 Å². The minimum atomic E-state index is -0.390. The van der Waals surface area contributed by atoms with Gasteiger partial charge in [-0.2, -0.15) is 0 Å². The van der Waals surface area contributed by atoms with Gasteiger partial charge in [-0.05, 0) is 43.4 Å². The van der Waals surface area contributed by atoms with Crippen molar-refractivity contribution in [2.45, 2.75) is 50.1 Å². The van der Waals surface area contributed by atoms with Crippen molar-refractivity contribution in [3.05, 3.63) is 29.0 Å². The number of cyclic esters (lactones) is 1. The number of carbonyl (C=O) groups excluding carboxylic acids is 2. The summed E-state index contributed by atoms with van der Waals surface area (Å²) in [5.41, 5.74) is 0. The number of ether oxygens (including phenoxy) is 1. The lowest BCUT2D eigenvalue weighted by Gasteiger charge is -2.38. The Hall–Kier alpha value is -1.47. The van der Waals surface area contributed by atoms with Crippen LogP contribution in [-0.2, 0) is 9.53 Å². The third-order valence-electron chi connectivity index (χ3n) is 5.20. The number of carbonyl (C=O) groups is 2. The summed E-state index contributed by atoms with van der Waals surface area (Å²) in [6, 6.07) is 4.45. The Bertz CT molecular complexity index is 725. The van der Waals surface area contributed by atoms with Gasteiger partial charge >= 0.3 is 6.09 Å². The number of likely N-dealkylation sites (tertiary alicyclic amines) is 1. The number of benzene rings is 1. The van der Waals surface area contributed by atoms with Crippen LogP contribution in [0, 0.1) is 11.7 Å². The van der Waals surface area contributed by atoms with Crippen LogP contribution in [0.5, 0.6) is 0 Å². The second kappa shape index (κ2) is 9.35. The largest absolute Gasteiger partial charge is 0.447 e. The zero-order valence-electron chi connectivity index (χ0n) is 16.2. The molecule has 28 heavy (non-hydrogen) atoms. The van der Waals surface area contributed by atoms with Crippen molar-refractivity contribution in [3.63, 3.8) is 0 Å². The second-order valence-electron chi connectivity index (χ2n) is 7.74. The van der Waals surface area contributed by atoms with Crippen LogP contribution >= 0.6 is 23.4 Å². The fourth-order valence-corrected chi connectivity index (χ4v) is 5.01. The van der Waals surface area contributed by atoms with Gasteiger partial charge in [0.1, 0.15) is 12.4 Å². The SMILES string of the molecule is CC(C)CC1COC(=O)N1C1CCN(C(=O)CSc2ccc(F)cc2Cl)CC1. The highest BCUT2D eigenvalue weighted by atomic mass is 35.5. The van der Waals surface area contributed by atoms with Gasteiger partial charge in [-0.15, -0.1) is 11.8 Å². The molecule has 1 aromatic carbocycles. The molecule has 2 aliphatic rings. The van der Waals surface area contributed by atoms with E-state index in [0.29, 0.717) is 35.5 Å². The number of hydrogen-bond acceptors (Lipinski definition) is 4. The van der Waals surface area contributed by atoms with Crippen LogP contribution < -0.4 is 0 Å². The molecule has 3 rings (SSSR count). The lowest BCUT2D eigenvalue weighted by atomic mass is 9.98. The van der Waals surface area contributed by atoms with Gasteiger partial charge in [-0.1, -0.05) is 25.4 Å². The first-order chi connectivity index (χ1) is 13.3. The fourth-order valence-electron chi connectivity index (χ4n) is 3.86. The molecule has 0 spiro atoms. The predicted octanol–water partition coefficient (Wildman–Crippen LogP) is 4.43. The molecule has 0 aromatic heterocycles. The molecule has 2 fully saturated rings. The van der Waals surface area contributed by atoms with E-state index in [9.17, 15) is 14.0 Å². The first-order valence-electron chi connectivity index (χ1n) is 9.66. The molecule has 0 radical (unpaired) electrons. The molecule has 1 aromatic rings. The third-order valence-corrected chi connectivity index (χ3v) is 6.69. The molecule has 2 saturated heterocycles. The lowest BCUT2D eigenvalue weighted by Crippen LogP contribution is -2.50. The molecule has 0 aliphatic carbocycles. The molecule has 154 valence electrons. The highest BCUT2D eigenvalue weighted by Gasteiger charge is 2.39. The minimum Gasteiger partial charge on any atom is -0.447 e. The van der Waals surface area contributed by atoms with Crippen LogP contribution in [0.4, 0.5) is 9.18 Å². The molecule has 0 bridgehead atoms. The summed E-state index contributed by atoms with van der Waals surface area (Å²) in [7, 11) is 0. The molecule has 2 heterocycles. The molecular formula is C20H26ClFN2O3S. The lowest BCUT2D eigenvalue weighted by molar-refractivity contribution is -0.129. The normalized spacial score (nSPS) is 20.8. The van der Waals surface area contributed by atoms with Crippen molar-refractivity contribution >= 4 is 35.4 Å². The van der Waals surface area contributed by atoms with E-state index in [1.54, 1.807) is 6.07 Å². The third kappa shape index (κ3) is 5.11. The van der Waals surface area contributed by atoms with Crippen LogP contribution in [0.3, 0.4) is 0 Å². The van der Waals surface area contributed by atoms with Gasteiger partial charge in [0, 0.05) is 24.0 Å². The zero-order valence-corrected chi connectivity index (χ0v) is 17.8. The number of amides is 2. The Morgan fingerprint density at radius 1 is 1.36 bits per heavy atom. The van der Waals surface area contributed by atoms with E-state index in [4.69, 9.17) is 16.3 Å². The molecule has 0 N–H and O–H groups in total. The number of piperidine rings is 1. The van der Waals surface area contributed by atoms with Gasteiger partial charge in [0.05, 0.1) is 16.8 Å². The Morgan fingerprint density at radius 2 is 2.07 bits per heavy atom. The Balaban J connectivity index is 1.50. The molecular weight excluding hydrogens is 403 g/mol. The molecule has 2 aliphatic heterocycles. The fraction of sp³-hybridized carbons (Fsp3) is 0.600. The average molecular weight is 429 g/mol. The maximum absolute atomic E-state index is 13.1.